The van der Waals surface area contributed by atoms with Crippen LogP contribution in [0.3, 0.4) is 0 Å². The highest BCUT2D eigenvalue weighted by Crippen LogP contribution is 2.23. The van der Waals surface area contributed by atoms with Gasteiger partial charge in [-0.25, -0.2) is 0 Å². The highest BCUT2D eigenvalue weighted by Gasteiger charge is 2.21. The van der Waals surface area contributed by atoms with Crippen LogP contribution in [0.25, 0.3) is 0 Å². The molecule has 0 saturated heterocycles. The Hall–Kier alpha value is -1.24. The third kappa shape index (κ3) is 3.12. The first-order valence-corrected chi connectivity index (χ1v) is 5.10. The first kappa shape index (κ1) is 11.8. The molecule has 1 amide bonds. The molecule has 0 bridgehead atoms. The summed E-state index contributed by atoms with van der Waals surface area (Å²) in [6.45, 7) is 0. The summed E-state index contributed by atoms with van der Waals surface area (Å²) in [7, 11) is 0. The quantitative estimate of drug-likeness (QED) is 0.610. The van der Waals surface area contributed by atoms with Crippen LogP contribution in [0.4, 0.5) is 0 Å². The second-order valence-corrected chi connectivity index (χ2v) is 4.03. The molecule has 0 fully saturated rings. The van der Waals surface area contributed by atoms with E-state index in [1.807, 2.05) is 0 Å². The number of nitrogens with two attached hydrogens (primary N) is 1. The number of carbonyl (C=O) groups excluding carboxylic acids is 2. The second kappa shape index (κ2) is 5.01. The van der Waals surface area contributed by atoms with Crippen molar-refractivity contribution in [3.05, 3.63) is 21.9 Å². The number of hydrogen-bond acceptors (Lipinski definition) is 5. The molecule has 2 atom stereocenters. The van der Waals surface area contributed by atoms with Crippen molar-refractivity contribution in [2.45, 2.75) is 18.6 Å². The topological polar surface area (TPSA) is 101 Å². The lowest BCUT2D eigenvalue weighted by molar-refractivity contribution is -0.121. The fourth-order valence-electron chi connectivity index (χ4n) is 1.13. The third-order valence-corrected chi connectivity index (χ3v) is 2.75. The minimum Gasteiger partial charge on any atom is -0.390 e. The number of rotatable bonds is 5. The van der Waals surface area contributed by atoms with E-state index in [0.29, 0.717) is 16.7 Å². The van der Waals surface area contributed by atoms with Gasteiger partial charge in [-0.15, -0.1) is 11.3 Å². The van der Waals surface area contributed by atoms with Crippen molar-refractivity contribution in [3.63, 3.8) is 0 Å². The molecule has 15 heavy (non-hydrogen) atoms. The van der Waals surface area contributed by atoms with Crippen LogP contribution in [0.2, 0.25) is 0 Å². The summed E-state index contributed by atoms with van der Waals surface area (Å²) in [6, 6.07) is 1.46. The normalized spacial score (nSPS) is 14.5. The van der Waals surface area contributed by atoms with Gasteiger partial charge < -0.3 is 15.9 Å². The van der Waals surface area contributed by atoms with Gasteiger partial charge in [0.1, 0.15) is 6.10 Å². The van der Waals surface area contributed by atoms with Crippen LogP contribution in [0.15, 0.2) is 11.4 Å². The Kier molecular flexibility index (Phi) is 3.96. The number of aliphatic hydroxyl groups is 2. The average Bonchev–Trinajstić information content (AvgIpc) is 2.63. The largest absolute Gasteiger partial charge is 0.390 e. The number of primary amides is 1. The number of aliphatic hydroxyl groups excluding tert-OH is 2. The maximum atomic E-state index is 10.5. The Labute approximate surface area is 90.1 Å². The molecule has 0 aliphatic heterocycles. The van der Waals surface area contributed by atoms with E-state index in [-0.39, 0.29) is 6.42 Å². The number of amides is 1. The lowest BCUT2D eigenvalue weighted by Gasteiger charge is -2.14. The van der Waals surface area contributed by atoms with Gasteiger partial charge in [0.15, 0.2) is 6.29 Å². The maximum Gasteiger partial charge on any atom is 0.220 e. The van der Waals surface area contributed by atoms with E-state index in [2.05, 4.69) is 0 Å². The van der Waals surface area contributed by atoms with Crippen LogP contribution in [-0.2, 0) is 4.79 Å². The first-order chi connectivity index (χ1) is 7.04. The molecule has 1 aromatic heterocycles. The van der Waals surface area contributed by atoms with Crippen LogP contribution in [-0.4, -0.2) is 28.5 Å². The molecular formula is C9H11NO4S. The smallest absolute Gasteiger partial charge is 0.220 e. The third-order valence-electron chi connectivity index (χ3n) is 1.87. The molecule has 0 aromatic carbocycles. The van der Waals surface area contributed by atoms with E-state index in [4.69, 9.17) is 5.73 Å². The van der Waals surface area contributed by atoms with Crippen LogP contribution in [0.1, 0.15) is 27.8 Å². The average molecular weight is 229 g/mol. The van der Waals surface area contributed by atoms with Gasteiger partial charge in [0, 0.05) is 0 Å². The summed E-state index contributed by atoms with van der Waals surface area (Å²) in [5.41, 5.74) is 5.29. The highest BCUT2D eigenvalue weighted by atomic mass is 32.1. The van der Waals surface area contributed by atoms with Crippen molar-refractivity contribution in [1.29, 1.82) is 0 Å². The Morgan fingerprint density at radius 1 is 1.60 bits per heavy atom. The van der Waals surface area contributed by atoms with Crippen molar-refractivity contribution in [1.82, 2.24) is 0 Å². The molecular weight excluding hydrogens is 218 g/mol. The molecule has 0 spiro atoms. The molecule has 1 rings (SSSR count). The van der Waals surface area contributed by atoms with Gasteiger partial charge in [0.2, 0.25) is 5.91 Å². The van der Waals surface area contributed by atoms with Crippen LogP contribution < -0.4 is 5.73 Å². The molecule has 0 aliphatic carbocycles. The Morgan fingerprint density at radius 2 is 2.27 bits per heavy atom. The van der Waals surface area contributed by atoms with Crippen LogP contribution in [0.5, 0.6) is 0 Å². The first-order valence-electron chi connectivity index (χ1n) is 4.22. The zero-order chi connectivity index (χ0) is 11.4. The van der Waals surface area contributed by atoms with Crippen LogP contribution in [0, 0.1) is 0 Å². The fourth-order valence-corrected chi connectivity index (χ4v) is 1.86. The van der Waals surface area contributed by atoms with Gasteiger partial charge >= 0.3 is 0 Å². The number of hydrogen-bond donors (Lipinski definition) is 3. The Balaban J connectivity index is 2.70. The van der Waals surface area contributed by atoms with E-state index >= 15 is 0 Å². The molecule has 4 N–H and O–H groups in total. The standard InChI is InChI=1S/C9H11NO4S/c10-8(13)2-7(12)9(14)5-1-6(3-11)15-4-5/h1,3-4,7,9,12,14H,2H2,(H2,10,13). The van der Waals surface area contributed by atoms with Crippen molar-refractivity contribution in [2.75, 3.05) is 0 Å². The fraction of sp³-hybridized carbons (Fsp3) is 0.333. The summed E-state index contributed by atoms with van der Waals surface area (Å²) in [4.78, 5) is 21.3. The lowest BCUT2D eigenvalue weighted by atomic mass is 10.0. The van der Waals surface area contributed by atoms with Gasteiger partial charge in [-0.3, -0.25) is 9.59 Å². The van der Waals surface area contributed by atoms with Crippen molar-refractivity contribution in [3.8, 4) is 0 Å². The Morgan fingerprint density at radius 3 is 2.73 bits per heavy atom. The summed E-state index contributed by atoms with van der Waals surface area (Å²) < 4.78 is 0. The van der Waals surface area contributed by atoms with E-state index in [0.717, 1.165) is 11.3 Å². The van der Waals surface area contributed by atoms with Crippen molar-refractivity contribution < 1.29 is 19.8 Å². The summed E-state index contributed by atoms with van der Waals surface area (Å²) in [6.07, 6.45) is -2.09. The predicted octanol–water partition coefficient (Wildman–Crippen LogP) is -0.170. The zero-order valence-corrected chi connectivity index (χ0v) is 8.61. The maximum absolute atomic E-state index is 10.5. The minimum atomic E-state index is -1.24. The van der Waals surface area contributed by atoms with E-state index < -0.39 is 18.1 Å². The second-order valence-electron chi connectivity index (χ2n) is 3.08. The van der Waals surface area contributed by atoms with Gasteiger partial charge in [0.05, 0.1) is 17.4 Å². The Bertz CT molecular complexity index is 363. The van der Waals surface area contributed by atoms with E-state index in [9.17, 15) is 19.8 Å². The summed E-state index contributed by atoms with van der Waals surface area (Å²) in [5, 5.41) is 20.5. The van der Waals surface area contributed by atoms with Gasteiger partial charge in [-0.2, -0.15) is 0 Å². The monoisotopic (exact) mass is 229 g/mol. The van der Waals surface area contributed by atoms with E-state index in [1.165, 1.54) is 6.07 Å². The molecule has 2 unspecified atom stereocenters. The highest BCUT2D eigenvalue weighted by molar-refractivity contribution is 7.11. The SMILES string of the molecule is NC(=O)CC(O)C(O)c1csc(C=O)c1. The summed E-state index contributed by atoms with van der Waals surface area (Å²) in [5.74, 6) is -0.688. The number of thiophene rings is 1. The lowest BCUT2D eigenvalue weighted by Crippen LogP contribution is -2.25. The number of aldehydes is 1. The number of carbonyl (C=O) groups is 2. The molecule has 0 saturated carbocycles. The molecule has 0 radical (unpaired) electrons. The van der Waals surface area contributed by atoms with Crippen molar-refractivity contribution >= 4 is 23.5 Å². The molecule has 6 heteroatoms. The zero-order valence-electron chi connectivity index (χ0n) is 7.79. The van der Waals surface area contributed by atoms with Gasteiger partial charge in [-0.1, -0.05) is 0 Å². The van der Waals surface area contributed by atoms with Crippen molar-refractivity contribution in [2.24, 2.45) is 5.73 Å². The molecule has 82 valence electrons. The van der Waals surface area contributed by atoms with Crippen LogP contribution >= 0.6 is 11.3 Å². The molecule has 1 heterocycles. The molecule has 1 aromatic rings. The molecule has 5 nitrogen and oxygen atoms in total. The summed E-state index contributed by atoms with van der Waals surface area (Å²) >= 11 is 1.16. The minimum absolute atomic E-state index is 0.312. The van der Waals surface area contributed by atoms with Gasteiger partial charge in [0.25, 0.3) is 0 Å². The van der Waals surface area contributed by atoms with Gasteiger partial charge in [-0.05, 0) is 17.0 Å². The molecule has 0 aliphatic rings. The predicted molar refractivity (Wildman–Crippen MR) is 54.5 cm³/mol. The van der Waals surface area contributed by atoms with E-state index in [1.54, 1.807) is 5.38 Å².